The molecule has 0 spiro atoms. The van der Waals surface area contributed by atoms with E-state index >= 15 is 0 Å². The summed E-state index contributed by atoms with van der Waals surface area (Å²) >= 11 is 0. The monoisotopic (exact) mass is 739 g/mol. The fraction of sp³-hybridized carbons (Fsp3) is 0.0545. The van der Waals surface area contributed by atoms with Crippen molar-refractivity contribution in [3.8, 4) is 50.2 Å². The maximum atomic E-state index is 4.82. The number of hydrogen-bond acceptors (Lipinski definition) is 2. The molecule has 2 heterocycles. The molecule has 0 atom stereocenters. The third-order valence-corrected chi connectivity index (χ3v) is 12.7. The van der Waals surface area contributed by atoms with Gasteiger partial charge in [-0.3, -0.25) is 9.97 Å². The van der Waals surface area contributed by atoms with Crippen molar-refractivity contribution in [1.29, 1.82) is 0 Å². The average Bonchev–Trinajstić information content (AvgIpc) is 3.74. The van der Waals surface area contributed by atoms with E-state index in [4.69, 9.17) is 9.97 Å². The fourth-order valence-electron chi connectivity index (χ4n) is 9.81. The lowest BCUT2D eigenvalue weighted by Gasteiger charge is -2.23. The normalized spacial score (nSPS) is 13.1. The number of para-hydroxylation sites is 2. The van der Waals surface area contributed by atoms with Crippen LogP contribution in [0.1, 0.15) is 25.0 Å². The van der Waals surface area contributed by atoms with Crippen molar-refractivity contribution in [2.24, 2.45) is 0 Å². The van der Waals surface area contributed by atoms with Crippen LogP contribution in [0.25, 0.3) is 105 Å². The molecule has 272 valence electrons. The minimum atomic E-state index is -0.165. The first kappa shape index (κ1) is 32.8. The second-order valence-corrected chi connectivity index (χ2v) is 16.2. The van der Waals surface area contributed by atoms with Crippen LogP contribution in [-0.4, -0.2) is 14.5 Å². The standard InChI is InChI=1S/C55H37N3/c1-55(2)49-32-38(35-12-9-11-34(29-35)37-21-24-42-41-15-3-4-18-47(41)53-54(48(42)31-37)57-28-27-56-53)22-25-43(49)44-26-23-39(33-50(44)55)36-13-10-14-40(30-36)58-51-19-7-5-16-45(51)46-17-6-8-20-52(46)58/h3-33H,1-2H3. The second-order valence-electron chi connectivity index (χ2n) is 16.2. The molecule has 0 bridgehead atoms. The van der Waals surface area contributed by atoms with Crippen LogP contribution in [0.15, 0.2) is 188 Å². The third-order valence-electron chi connectivity index (χ3n) is 12.7. The molecule has 0 unspecified atom stereocenters. The molecule has 1 aliphatic carbocycles. The van der Waals surface area contributed by atoms with Gasteiger partial charge < -0.3 is 4.57 Å². The molecular formula is C55H37N3. The van der Waals surface area contributed by atoms with Crippen molar-refractivity contribution < 1.29 is 0 Å². The summed E-state index contributed by atoms with van der Waals surface area (Å²) in [4.78, 5) is 9.58. The van der Waals surface area contributed by atoms with E-state index in [0.717, 1.165) is 21.8 Å². The van der Waals surface area contributed by atoms with E-state index in [2.05, 4.69) is 194 Å². The molecule has 3 nitrogen and oxygen atoms in total. The zero-order valence-corrected chi connectivity index (χ0v) is 32.2. The maximum absolute atomic E-state index is 4.82. The molecule has 0 radical (unpaired) electrons. The third kappa shape index (κ3) is 4.80. The molecule has 0 amide bonds. The second kappa shape index (κ2) is 12.3. The van der Waals surface area contributed by atoms with Gasteiger partial charge in [0.05, 0.1) is 22.1 Å². The minimum Gasteiger partial charge on any atom is -0.309 e. The Morgan fingerprint density at radius 1 is 0.362 bits per heavy atom. The van der Waals surface area contributed by atoms with Crippen molar-refractivity contribution in [3.63, 3.8) is 0 Å². The predicted molar refractivity (Wildman–Crippen MR) is 243 cm³/mol. The summed E-state index contributed by atoms with van der Waals surface area (Å²) in [5.74, 6) is 0. The van der Waals surface area contributed by atoms with Crippen LogP contribution < -0.4 is 0 Å². The van der Waals surface area contributed by atoms with Crippen LogP contribution in [-0.2, 0) is 5.41 Å². The summed E-state index contributed by atoms with van der Waals surface area (Å²) in [6, 6.07) is 64.8. The number of aromatic nitrogens is 3. The van der Waals surface area contributed by atoms with Gasteiger partial charge in [-0.25, -0.2) is 0 Å². The maximum Gasteiger partial charge on any atom is 0.0971 e. The lowest BCUT2D eigenvalue weighted by Crippen LogP contribution is -2.15. The quantitative estimate of drug-likeness (QED) is 0.168. The van der Waals surface area contributed by atoms with Gasteiger partial charge in [-0.2, -0.15) is 0 Å². The Morgan fingerprint density at radius 2 is 0.828 bits per heavy atom. The molecule has 0 N–H and O–H groups in total. The highest BCUT2D eigenvalue weighted by Crippen LogP contribution is 2.51. The Morgan fingerprint density at radius 3 is 1.47 bits per heavy atom. The Bertz CT molecular complexity index is 3410. The van der Waals surface area contributed by atoms with E-state index in [1.807, 2.05) is 0 Å². The van der Waals surface area contributed by atoms with Crippen molar-refractivity contribution >= 4 is 54.4 Å². The number of rotatable bonds is 4. The number of nitrogens with zero attached hydrogens (tertiary/aromatic N) is 3. The van der Waals surface area contributed by atoms with Gasteiger partial charge in [0.1, 0.15) is 0 Å². The van der Waals surface area contributed by atoms with Crippen molar-refractivity contribution in [3.05, 3.63) is 199 Å². The van der Waals surface area contributed by atoms with E-state index < -0.39 is 0 Å². The largest absolute Gasteiger partial charge is 0.309 e. The minimum absolute atomic E-state index is 0.165. The molecule has 0 saturated heterocycles. The first-order valence-electron chi connectivity index (χ1n) is 20.1. The van der Waals surface area contributed by atoms with Crippen LogP contribution in [0.2, 0.25) is 0 Å². The van der Waals surface area contributed by atoms with Gasteiger partial charge in [0, 0.05) is 45.0 Å². The average molecular weight is 740 g/mol. The van der Waals surface area contributed by atoms with Gasteiger partial charge in [-0.05, 0) is 115 Å². The first-order valence-corrected chi connectivity index (χ1v) is 20.1. The van der Waals surface area contributed by atoms with Gasteiger partial charge in [-0.15, -0.1) is 0 Å². The molecule has 58 heavy (non-hydrogen) atoms. The van der Waals surface area contributed by atoms with Gasteiger partial charge in [0.15, 0.2) is 0 Å². The summed E-state index contributed by atoms with van der Waals surface area (Å²) < 4.78 is 2.40. The van der Waals surface area contributed by atoms with Crippen LogP contribution in [0.3, 0.4) is 0 Å². The summed E-state index contributed by atoms with van der Waals surface area (Å²) in [7, 11) is 0. The molecule has 0 saturated carbocycles. The molecule has 0 aliphatic heterocycles. The van der Waals surface area contributed by atoms with Crippen LogP contribution in [0.4, 0.5) is 0 Å². The van der Waals surface area contributed by atoms with E-state index in [9.17, 15) is 0 Å². The predicted octanol–water partition coefficient (Wildman–Crippen LogP) is 14.3. The van der Waals surface area contributed by atoms with Gasteiger partial charge in [0.25, 0.3) is 0 Å². The lowest BCUT2D eigenvalue weighted by atomic mass is 9.80. The first-order chi connectivity index (χ1) is 28.5. The number of benzene rings is 9. The van der Waals surface area contributed by atoms with Gasteiger partial charge >= 0.3 is 0 Å². The SMILES string of the molecule is CC1(C)c2cc(-c3cccc(-c4ccc5c6ccccc6c6nccnc6c5c4)c3)ccc2-c2ccc(-c3cccc(-n4c5ccccc5c5ccccc54)c3)cc21. The van der Waals surface area contributed by atoms with Crippen molar-refractivity contribution in [1.82, 2.24) is 14.5 Å². The van der Waals surface area contributed by atoms with Crippen molar-refractivity contribution in [2.75, 3.05) is 0 Å². The van der Waals surface area contributed by atoms with Crippen LogP contribution in [0.5, 0.6) is 0 Å². The van der Waals surface area contributed by atoms with Crippen LogP contribution in [0, 0.1) is 0 Å². The fourth-order valence-corrected chi connectivity index (χ4v) is 9.81. The number of fused-ring (bicyclic) bond motifs is 12. The van der Waals surface area contributed by atoms with E-state index in [1.165, 1.54) is 93.9 Å². The Balaban J connectivity index is 0.905. The molecule has 0 fully saturated rings. The highest BCUT2D eigenvalue weighted by Gasteiger charge is 2.36. The molecule has 2 aromatic heterocycles. The van der Waals surface area contributed by atoms with E-state index in [-0.39, 0.29) is 5.41 Å². The van der Waals surface area contributed by atoms with E-state index in [0.29, 0.717) is 0 Å². The Kier molecular flexibility index (Phi) is 6.98. The summed E-state index contributed by atoms with van der Waals surface area (Å²) in [6.45, 7) is 4.75. The molecule has 1 aliphatic rings. The van der Waals surface area contributed by atoms with E-state index in [1.54, 1.807) is 12.4 Å². The number of hydrogen-bond donors (Lipinski definition) is 0. The molecule has 12 rings (SSSR count). The smallest absolute Gasteiger partial charge is 0.0971 e. The van der Waals surface area contributed by atoms with Gasteiger partial charge in [-0.1, -0.05) is 141 Å². The van der Waals surface area contributed by atoms with Gasteiger partial charge in [0.2, 0.25) is 0 Å². The lowest BCUT2D eigenvalue weighted by molar-refractivity contribution is 0.661. The highest BCUT2D eigenvalue weighted by molar-refractivity contribution is 6.23. The summed E-state index contributed by atoms with van der Waals surface area (Å²) in [5, 5.41) is 7.21. The Hall–Kier alpha value is -7.36. The molecular weight excluding hydrogens is 703 g/mol. The molecule has 11 aromatic rings. The molecule has 3 heteroatoms. The zero-order valence-electron chi connectivity index (χ0n) is 32.2. The summed E-state index contributed by atoms with van der Waals surface area (Å²) in [6.07, 6.45) is 3.58. The van der Waals surface area contributed by atoms with Crippen LogP contribution >= 0.6 is 0 Å². The zero-order chi connectivity index (χ0) is 38.5. The highest BCUT2D eigenvalue weighted by atomic mass is 15.0. The Labute approximate surface area is 336 Å². The topological polar surface area (TPSA) is 30.7 Å². The van der Waals surface area contributed by atoms with Crippen molar-refractivity contribution in [2.45, 2.75) is 19.3 Å². The molecule has 9 aromatic carbocycles. The summed E-state index contributed by atoms with van der Waals surface area (Å²) in [5.41, 5.74) is 17.9.